The van der Waals surface area contributed by atoms with Crippen molar-refractivity contribution < 1.29 is 4.42 Å². The zero-order chi connectivity index (χ0) is 11.7. The number of nitrogens with one attached hydrogen (secondary N) is 2. The van der Waals surface area contributed by atoms with Crippen LogP contribution in [0.25, 0.3) is 11.5 Å². The van der Waals surface area contributed by atoms with Crippen molar-refractivity contribution in [2.24, 2.45) is 5.92 Å². The second-order valence-corrected chi connectivity index (χ2v) is 4.73. The minimum absolute atomic E-state index is 0.802. The van der Waals surface area contributed by atoms with Crippen molar-refractivity contribution in [3.05, 3.63) is 29.9 Å². The first-order chi connectivity index (χ1) is 8.31. The number of rotatable bonds is 5. The van der Waals surface area contributed by atoms with E-state index in [0.717, 1.165) is 42.0 Å². The van der Waals surface area contributed by atoms with Crippen LogP contribution < -0.4 is 5.32 Å². The molecule has 0 atom stereocenters. The maximum Gasteiger partial charge on any atom is 0.152 e. The van der Waals surface area contributed by atoms with Crippen LogP contribution >= 0.6 is 0 Å². The molecule has 0 aromatic carbocycles. The number of H-pyrrole nitrogens is 1. The van der Waals surface area contributed by atoms with E-state index in [0.29, 0.717) is 0 Å². The maximum atomic E-state index is 5.54. The number of furan rings is 1. The number of nitrogens with zero attached hydrogens (tertiary/aromatic N) is 1. The molecule has 3 rings (SSSR count). The molecule has 0 spiro atoms. The monoisotopic (exact) mass is 231 g/mol. The van der Waals surface area contributed by atoms with E-state index in [2.05, 4.69) is 15.3 Å². The van der Waals surface area contributed by atoms with E-state index in [1.807, 2.05) is 25.3 Å². The highest BCUT2D eigenvalue weighted by molar-refractivity contribution is 5.51. The minimum Gasteiger partial charge on any atom is -0.460 e. The van der Waals surface area contributed by atoms with E-state index in [4.69, 9.17) is 4.42 Å². The Hall–Kier alpha value is -1.55. The zero-order valence-corrected chi connectivity index (χ0v) is 9.99. The fraction of sp³-hybridized carbons (Fsp3) is 0.462. The standard InChI is InChI=1S/C13H17N3O/c1-9-2-5-12(17-9)11-7-15-13(16-11)8-14-6-10-3-4-10/h2,5,7,10,14H,3-4,6,8H2,1H3,(H,15,16). The number of hydrogen-bond donors (Lipinski definition) is 2. The molecule has 0 amide bonds. The van der Waals surface area contributed by atoms with Crippen LogP contribution in [0.15, 0.2) is 22.7 Å². The molecule has 0 aliphatic heterocycles. The molecule has 2 aromatic heterocycles. The Morgan fingerprint density at radius 2 is 2.35 bits per heavy atom. The molecule has 0 radical (unpaired) electrons. The summed E-state index contributed by atoms with van der Waals surface area (Å²) in [4.78, 5) is 7.61. The lowest BCUT2D eigenvalue weighted by atomic mass is 10.3. The molecule has 1 saturated carbocycles. The summed E-state index contributed by atoms with van der Waals surface area (Å²) in [7, 11) is 0. The molecule has 0 saturated heterocycles. The third kappa shape index (κ3) is 2.58. The normalized spacial score (nSPS) is 15.4. The van der Waals surface area contributed by atoms with Gasteiger partial charge in [0.25, 0.3) is 0 Å². The lowest BCUT2D eigenvalue weighted by molar-refractivity contribution is 0.546. The smallest absolute Gasteiger partial charge is 0.152 e. The number of aromatic amines is 1. The maximum absolute atomic E-state index is 5.54. The molecule has 0 unspecified atom stereocenters. The zero-order valence-electron chi connectivity index (χ0n) is 9.99. The lowest BCUT2D eigenvalue weighted by Crippen LogP contribution is -2.16. The SMILES string of the molecule is Cc1ccc(-c2cnc(CNCC3CC3)[nH]2)o1. The molecular weight excluding hydrogens is 214 g/mol. The van der Waals surface area contributed by atoms with Gasteiger partial charge in [-0.15, -0.1) is 0 Å². The average molecular weight is 231 g/mol. The Morgan fingerprint density at radius 1 is 1.47 bits per heavy atom. The van der Waals surface area contributed by atoms with Gasteiger partial charge in [0.05, 0.1) is 12.7 Å². The molecule has 2 aromatic rings. The molecular formula is C13H17N3O. The van der Waals surface area contributed by atoms with Gasteiger partial charge in [0.1, 0.15) is 17.3 Å². The van der Waals surface area contributed by atoms with Gasteiger partial charge in [0, 0.05) is 0 Å². The second-order valence-electron chi connectivity index (χ2n) is 4.73. The number of aromatic nitrogens is 2. The Labute approximate surface area is 100 Å². The van der Waals surface area contributed by atoms with Crippen molar-refractivity contribution in [3.8, 4) is 11.5 Å². The summed E-state index contributed by atoms with van der Waals surface area (Å²) in [6.07, 6.45) is 4.58. The van der Waals surface area contributed by atoms with E-state index < -0.39 is 0 Å². The van der Waals surface area contributed by atoms with Gasteiger partial charge in [0.15, 0.2) is 5.76 Å². The van der Waals surface area contributed by atoms with Gasteiger partial charge in [-0.2, -0.15) is 0 Å². The summed E-state index contributed by atoms with van der Waals surface area (Å²) in [6, 6.07) is 3.92. The predicted molar refractivity (Wildman–Crippen MR) is 65.5 cm³/mol. The highest BCUT2D eigenvalue weighted by atomic mass is 16.3. The van der Waals surface area contributed by atoms with Crippen LogP contribution in [0, 0.1) is 12.8 Å². The van der Waals surface area contributed by atoms with Gasteiger partial charge >= 0.3 is 0 Å². The van der Waals surface area contributed by atoms with Crippen LogP contribution in [0.2, 0.25) is 0 Å². The van der Waals surface area contributed by atoms with Gasteiger partial charge in [-0.05, 0) is 44.4 Å². The number of hydrogen-bond acceptors (Lipinski definition) is 3. The van der Waals surface area contributed by atoms with Crippen molar-refractivity contribution >= 4 is 0 Å². The average Bonchev–Trinajstić information content (AvgIpc) is 2.85. The summed E-state index contributed by atoms with van der Waals surface area (Å²) >= 11 is 0. The quantitative estimate of drug-likeness (QED) is 0.831. The van der Waals surface area contributed by atoms with E-state index >= 15 is 0 Å². The topological polar surface area (TPSA) is 53.9 Å². The summed E-state index contributed by atoms with van der Waals surface area (Å²) in [5.41, 5.74) is 0.946. The van der Waals surface area contributed by atoms with Crippen LogP contribution in [-0.2, 0) is 6.54 Å². The number of imidazole rings is 1. The van der Waals surface area contributed by atoms with Gasteiger partial charge in [-0.3, -0.25) is 0 Å². The Bertz CT molecular complexity index is 496. The molecule has 1 aliphatic carbocycles. The second kappa shape index (κ2) is 4.37. The van der Waals surface area contributed by atoms with Gasteiger partial charge in [-0.25, -0.2) is 4.98 Å². The summed E-state index contributed by atoms with van der Waals surface area (Å²) in [5, 5.41) is 3.41. The predicted octanol–water partition coefficient (Wildman–Crippen LogP) is 2.48. The van der Waals surface area contributed by atoms with E-state index in [-0.39, 0.29) is 0 Å². The molecule has 2 heterocycles. The molecule has 1 fully saturated rings. The molecule has 4 nitrogen and oxygen atoms in total. The van der Waals surface area contributed by atoms with Crippen molar-refractivity contribution in [1.82, 2.24) is 15.3 Å². The highest BCUT2D eigenvalue weighted by Gasteiger charge is 2.20. The first-order valence-electron chi connectivity index (χ1n) is 6.12. The molecule has 2 N–H and O–H groups in total. The lowest BCUT2D eigenvalue weighted by Gasteiger charge is -1.99. The minimum atomic E-state index is 0.802. The van der Waals surface area contributed by atoms with Crippen molar-refractivity contribution in [1.29, 1.82) is 0 Å². The molecule has 90 valence electrons. The van der Waals surface area contributed by atoms with Crippen molar-refractivity contribution in [2.75, 3.05) is 6.54 Å². The third-order valence-electron chi connectivity index (χ3n) is 3.06. The number of aryl methyl sites for hydroxylation is 1. The Balaban J connectivity index is 1.61. The first-order valence-corrected chi connectivity index (χ1v) is 6.12. The van der Waals surface area contributed by atoms with E-state index in [9.17, 15) is 0 Å². The highest BCUT2D eigenvalue weighted by Crippen LogP contribution is 2.27. The van der Waals surface area contributed by atoms with Gasteiger partial charge < -0.3 is 14.7 Å². The van der Waals surface area contributed by atoms with E-state index in [1.54, 1.807) is 0 Å². The fourth-order valence-corrected chi connectivity index (χ4v) is 1.87. The van der Waals surface area contributed by atoms with Crippen LogP contribution in [0.1, 0.15) is 24.4 Å². The summed E-state index contributed by atoms with van der Waals surface area (Å²) in [6.45, 7) is 3.85. The largest absolute Gasteiger partial charge is 0.460 e. The van der Waals surface area contributed by atoms with Gasteiger partial charge in [-0.1, -0.05) is 0 Å². The molecule has 1 aliphatic rings. The van der Waals surface area contributed by atoms with E-state index in [1.165, 1.54) is 12.8 Å². The van der Waals surface area contributed by atoms with Crippen LogP contribution in [0.4, 0.5) is 0 Å². The molecule has 17 heavy (non-hydrogen) atoms. The third-order valence-corrected chi connectivity index (χ3v) is 3.06. The fourth-order valence-electron chi connectivity index (χ4n) is 1.87. The van der Waals surface area contributed by atoms with Crippen molar-refractivity contribution in [3.63, 3.8) is 0 Å². The first kappa shape index (κ1) is 10.6. The Morgan fingerprint density at radius 3 is 3.06 bits per heavy atom. The van der Waals surface area contributed by atoms with Crippen molar-refractivity contribution in [2.45, 2.75) is 26.3 Å². The van der Waals surface area contributed by atoms with Crippen LogP contribution in [-0.4, -0.2) is 16.5 Å². The molecule has 4 heteroatoms. The van der Waals surface area contributed by atoms with Crippen LogP contribution in [0.5, 0.6) is 0 Å². The Kier molecular flexibility index (Phi) is 2.73. The summed E-state index contributed by atoms with van der Waals surface area (Å²) in [5.74, 6) is 3.64. The van der Waals surface area contributed by atoms with Crippen LogP contribution in [0.3, 0.4) is 0 Å². The molecule has 0 bridgehead atoms. The summed E-state index contributed by atoms with van der Waals surface area (Å²) < 4.78 is 5.54. The van der Waals surface area contributed by atoms with Gasteiger partial charge in [0.2, 0.25) is 0 Å².